The third kappa shape index (κ3) is 2.93. The van der Waals surface area contributed by atoms with E-state index >= 15 is 0 Å². The number of nitrogens with one attached hydrogen (secondary N) is 1. The molecule has 3 unspecified atom stereocenters. The summed E-state index contributed by atoms with van der Waals surface area (Å²) in [5, 5.41) is 12.4. The van der Waals surface area contributed by atoms with Gasteiger partial charge in [-0.2, -0.15) is 5.26 Å². The Morgan fingerprint density at radius 3 is 2.69 bits per heavy atom. The molecule has 0 saturated carbocycles. The van der Waals surface area contributed by atoms with Crippen molar-refractivity contribution in [1.82, 2.24) is 10.3 Å². The fourth-order valence-corrected chi connectivity index (χ4v) is 4.33. The molecule has 4 nitrogen and oxygen atoms in total. The van der Waals surface area contributed by atoms with Gasteiger partial charge < -0.3 is 10.2 Å². The number of aryl methyl sites for hydroxylation is 1. The zero-order chi connectivity index (χ0) is 18.3. The molecule has 2 saturated heterocycles. The van der Waals surface area contributed by atoms with E-state index < -0.39 is 11.6 Å². The van der Waals surface area contributed by atoms with Crippen LogP contribution in [0.1, 0.15) is 35.8 Å². The van der Waals surface area contributed by atoms with Crippen molar-refractivity contribution >= 4 is 5.69 Å². The van der Waals surface area contributed by atoms with Gasteiger partial charge in [-0.25, -0.2) is 13.8 Å². The first-order valence-electron chi connectivity index (χ1n) is 8.89. The molecule has 3 atom stereocenters. The van der Waals surface area contributed by atoms with Gasteiger partial charge in [0.15, 0.2) is 0 Å². The topological polar surface area (TPSA) is 52.0 Å². The van der Waals surface area contributed by atoms with Crippen molar-refractivity contribution in [3.05, 3.63) is 58.9 Å². The summed E-state index contributed by atoms with van der Waals surface area (Å²) in [4.78, 5) is 6.59. The third-order valence-electron chi connectivity index (χ3n) is 5.55. The van der Waals surface area contributed by atoms with Crippen molar-refractivity contribution in [2.75, 3.05) is 18.0 Å². The van der Waals surface area contributed by atoms with Crippen LogP contribution in [0.3, 0.4) is 0 Å². The Hall–Kier alpha value is -2.52. The Morgan fingerprint density at radius 2 is 2.00 bits per heavy atom. The number of hydrogen-bond donors (Lipinski definition) is 1. The summed E-state index contributed by atoms with van der Waals surface area (Å²) in [5.74, 6) is -0.641. The van der Waals surface area contributed by atoms with E-state index in [1.807, 2.05) is 13.0 Å². The number of piperidine rings is 1. The zero-order valence-electron chi connectivity index (χ0n) is 14.5. The van der Waals surface area contributed by atoms with E-state index in [1.54, 1.807) is 6.07 Å². The fraction of sp³-hybridized carbons (Fsp3) is 0.400. The standard InChI is InChI=1S/C20H20F2N4/c1-12-19(6-5-14(10-23)24-12)26-8-7-17-13(11-26)9-18(25-17)20-15(21)3-2-4-16(20)22/h2-6,13,17-18,25H,7-9,11H2,1H3. The molecule has 2 aliphatic rings. The first-order valence-corrected chi connectivity index (χ1v) is 8.89. The summed E-state index contributed by atoms with van der Waals surface area (Å²) in [6, 6.07) is 9.76. The molecule has 2 aliphatic heterocycles. The molecule has 0 spiro atoms. The predicted molar refractivity (Wildman–Crippen MR) is 94.6 cm³/mol. The molecule has 134 valence electrons. The van der Waals surface area contributed by atoms with Gasteiger partial charge in [0.2, 0.25) is 0 Å². The molecule has 0 amide bonds. The maximum absolute atomic E-state index is 14.1. The largest absolute Gasteiger partial charge is 0.370 e. The second-order valence-corrected chi connectivity index (χ2v) is 7.10. The molecule has 1 N–H and O–H groups in total. The lowest BCUT2D eigenvalue weighted by molar-refractivity contribution is 0.375. The molecule has 26 heavy (non-hydrogen) atoms. The molecule has 0 aliphatic carbocycles. The van der Waals surface area contributed by atoms with Gasteiger partial charge in [-0.05, 0) is 49.9 Å². The first kappa shape index (κ1) is 16.9. The van der Waals surface area contributed by atoms with Crippen LogP contribution in [0.4, 0.5) is 14.5 Å². The van der Waals surface area contributed by atoms with Gasteiger partial charge in [-0.1, -0.05) is 6.07 Å². The average molecular weight is 354 g/mol. The van der Waals surface area contributed by atoms with E-state index in [0.717, 1.165) is 30.9 Å². The minimum absolute atomic E-state index is 0.157. The van der Waals surface area contributed by atoms with Crippen LogP contribution < -0.4 is 10.2 Å². The Bertz CT molecular complexity index is 856. The Kier molecular flexibility index (Phi) is 4.33. The Labute approximate surface area is 151 Å². The molecule has 2 aromatic rings. The van der Waals surface area contributed by atoms with Crippen LogP contribution in [0.25, 0.3) is 0 Å². The molecule has 4 rings (SSSR count). The molecule has 1 aromatic heterocycles. The fourth-order valence-electron chi connectivity index (χ4n) is 4.33. The van der Waals surface area contributed by atoms with Gasteiger partial charge in [0.25, 0.3) is 0 Å². The lowest BCUT2D eigenvalue weighted by Gasteiger charge is -2.36. The van der Waals surface area contributed by atoms with Crippen LogP contribution in [0.15, 0.2) is 30.3 Å². The summed E-state index contributed by atoms with van der Waals surface area (Å²) in [5.41, 5.74) is 2.44. The van der Waals surface area contributed by atoms with Crippen molar-refractivity contribution in [2.24, 2.45) is 5.92 Å². The molecule has 1 aromatic carbocycles. The van der Waals surface area contributed by atoms with Gasteiger partial charge in [-0.3, -0.25) is 0 Å². The SMILES string of the molecule is Cc1nc(C#N)ccc1N1CCC2NC(c3c(F)cccc3F)CC2C1. The highest BCUT2D eigenvalue weighted by Gasteiger charge is 2.40. The summed E-state index contributed by atoms with van der Waals surface area (Å²) in [6.45, 7) is 3.58. The second kappa shape index (κ2) is 6.65. The summed E-state index contributed by atoms with van der Waals surface area (Å²) < 4.78 is 28.2. The quantitative estimate of drug-likeness (QED) is 0.897. The lowest BCUT2D eigenvalue weighted by Crippen LogP contribution is -2.44. The number of nitrogens with zero attached hydrogens (tertiary/aromatic N) is 3. The van der Waals surface area contributed by atoms with Gasteiger partial charge in [0.1, 0.15) is 23.4 Å². The van der Waals surface area contributed by atoms with Crippen LogP contribution >= 0.6 is 0 Å². The number of rotatable bonds is 2. The van der Waals surface area contributed by atoms with Crippen molar-refractivity contribution in [3.8, 4) is 6.07 Å². The molecule has 6 heteroatoms. The van der Waals surface area contributed by atoms with E-state index in [1.165, 1.54) is 18.2 Å². The van der Waals surface area contributed by atoms with Crippen molar-refractivity contribution in [2.45, 2.75) is 31.8 Å². The number of hydrogen-bond acceptors (Lipinski definition) is 4. The van der Waals surface area contributed by atoms with E-state index in [-0.39, 0.29) is 17.6 Å². The highest BCUT2D eigenvalue weighted by molar-refractivity contribution is 5.52. The number of fused-ring (bicyclic) bond motifs is 1. The highest BCUT2D eigenvalue weighted by atomic mass is 19.1. The van der Waals surface area contributed by atoms with Gasteiger partial charge in [-0.15, -0.1) is 0 Å². The molecule has 0 radical (unpaired) electrons. The monoisotopic (exact) mass is 354 g/mol. The van der Waals surface area contributed by atoms with Gasteiger partial charge >= 0.3 is 0 Å². The number of nitriles is 1. The predicted octanol–water partition coefficient (Wildman–Crippen LogP) is 3.47. The van der Waals surface area contributed by atoms with Crippen molar-refractivity contribution in [3.63, 3.8) is 0 Å². The second-order valence-electron chi connectivity index (χ2n) is 7.10. The van der Waals surface area contributed by atoms with Gasteiger partial charge in [0, 0.05) is 30.7 Å². The molecule has 3 heterocycles. The maximum Gasteiger partial charge on any atom is 0.140 e. The van der Waals surface area contributed by atoms with Crippen LogP contribution in [0.2, 0.25) is 0 Å². The van der Waals surface area contributed by atoms with E-state index in [2.05, 4.69) is 21.3 Å². The minimum Gasteiger partial charge on any atom is -0.370 e. The van der Waals surface area contributed by atoms with E-state index in [0.29, 0.717) is 18.0 Å². The smallest absolute Gasteiger partial charge is 0.140 e. The summed E-state index contributed by atoms with van der Waals surface area (Å²) in [6.07, 6.45) is 1.62. The zero-order valence-corrected chi connectivity index (χ0v) is 14.5. The van der Waals surface area contributed by atoms with Crippen LogP contribution in [0, 0.1) is 35.8 Å². The number of aromatic nitrogens is 1. The number of pyridine rings is 1. The van der Waals surface area contributed by atoms with E-state index in [4.69, 9.17) is 5.26 Å². The van der Waals surface area contributed by atoms with Gasteiger partial charge in [0.05, 0.1) is 11.4 Å². The Balaban J connectivity index is 1.53. The van der Waals surface area contributed by atoms with Crippen LogP contribution in [-0.2, 0) is 0 Å². The van der Waals surface area contributed by atoms with E-state index in [9.17, 15) is 8.78 Å². The molecule has 0 bridgehead atoms. The van der Waals surface area contributed by atoms with Crippen LogP contribution in [0.5, 0.6) is 0 Å². The lowest BCUT2D eigenvalue weighted by atomic mass is 9.90. The highest BCUT2D eigenvalue weighted by Crippen LogP contribution is 2.38. The Morgan fingerprint density at radius 1 is 1.23 bits per heavy atom. The van der Waals surface area contributed by atoms with Crippen molar-refractivity contribution in [1.29, 1.82) is 5.26 Å². The molecular formula is C20H20F2N4. The minimum atomic E-state index is -0.481. The number of anilines is 1. The molecular weight excluding hydrogens is 334 g/mol. The number of benzene rings is 1. The van der Waals surface area contributed by atoms with Crippen molar-refractivity contribution < 1.29 is 8.78 Å². The summed E-state index contributed by atoms with van der Waals surface area (Å²) in [7, 11) is 0. The number of halogens is 2. The molecule has 2 fully saturated rings. The maximum atomic E-state index is 14.1. The van der Waals surface area contributed by atoms with Crippen LogP contribution in [-0.4, -0.2) is 24.1 Å². The first-order chi connectivity index (χ1) is 12.6. The average Bonchev–Trinajstić information content (AvgIpc) is 3.04. The summed E-state index contributed by atoms with van der Waals surface area (Å²) >= 11 is 0. The normalized spacial score (nSPS) is 25.0. The third-order valence-corrected chi connectivity index (χ3v) is 5.55.